The summed E-state index contributed by atoms with van der Waals surface area (Å²) in [6.07, 6.45) is 5.66. The van der Waals surface area contributed by atoms with Crippen LogP contribution in [0.1, 0.15) is 45.4 Å². The summed E-state index contributed by atoms with van der Waals surface area (Å²) in [6, 6.07) is 12.7. The molecule has 4 heteroatoms. The van der Waals surface area contributed by atoms with E-state index in [0.29, 0.717) is 17.4 Å². The second-order valence-electron chi connectivity index (χ2n) is 6.72. The van der Waals surface area contributed by atoms with Crippen molar-refractivity contribution in [3.05, 3.63) is 75.3 Å². The number of nitrogens with one attached hydrogen (secondary N) is 1. The standard InChI is InChI=1S/C21H20BrNO2/c1-12-15(21(24)25-2)10-11-18-16-4-3-5-17(16)20(23-19(12)18)13-6-8-14(22)9-7-13/h3-4,6-11,16-17,20,23H,5H2,1-2H3/t16-,17+,20-/m0/s1. The Morgan fingerprint density at radius 3 is 2.68 bits per heavy atom. The molecule has 1 N–H and O–H groups in total. The smallest absolute Gasteiger partial charge is 0.338 e. The lowest BCUT2D eigenvalue weighted by atomic mass is 9.76. The molecule has 0 amide bonds. The second-order valence-corrected chi connectivity index (χ2v) is 7.64. The van der Waals surface area contributed by atoms with Gasteiger partial charge in [0.1, 0.15) is 0 Å². The first kappa shape index (κ1) is 16.4. The largest absolute Gasteiger partial charge is 0.465 e. The Morgan fingerprint density at radius 1 is 1.20 bits per heavy atom. The van der Waals surface area contributed by atoms with Crippen LogP contribution < -0.4 is 5.32 Å². The number of ether oxygens (including phenoxy) is 1. The zero-order valence-corrected chi connectivity index (χ0v) is 15.8. The summed E-state index contributed by atoms with van der Waals surface area (Å²) in [7, 11) is 1.43. The monoisotopic (exact) mass is 397 g/mol. The lowest BCUT2D eigenvalue weighted by molar-refractivity contribution is 0.0600. The number of hydrogen-bond acceptors (Lipinski definition) is 3. The fraction of sp³-hybridized carbons (Fsp3) is 0.286. The third kappa shape index (κ3) is 2.69. The highest BCUT2D eigenvalue weighted by Gasteiger charge is 2.38. The third-order valence-corrected chi connectivity index (χ3v) is 5.96. The van der Waals surface area contributed by atoms with E-state index in [0.717, 1.165) is 22.1 Å². The molecule has 0 radical (unpaired) electrons. The summed E-state index contributed by atoms with van der Waals surface area (Å²) >= 11 is 3.51. The summed E-state index contributed by atoms with van der Waals surface area (Å²) in [5.74, 6) is 0.596. The van der Waals surface area contributed by atoms with Gasteiger partial charge in [-0.05, 0) is 54.2 Å². The molecule has 0 saturated carbocycles. The zero-order valence-electron chi connectivity index (χ0n) is 14.3. The molecule has 128 valence electrons. The first-order valence-electron chi connectivity index (χ1n) is 8.50. The molecule has 1 aliphatic heterocycles. The lowest BCUT2D eigenvalue weighted by Gasteiger charge is -2.38. The van der Waals surface area contributed by atoms with E-state index < -0.39 is 0 Å². The maximum Gasteiger partial charge on any atom is 0.338 e. The third-order valence-electron chi connectivity index (χ3n) is 5.43. The Hall–Kier alpha value is -2.07. The maximum absolute atomic E-state index is 12.1. The van der Waals surface area contributed by atoms with Gasteiger partial charge in [0.15, 0.2) is 0 Å². The number of carbonyl (C=O) groups excluding carboxylic acids is 1. The number of benzene rings is 2. The van der Waals surface area contributed by atoms with Crippen molar-refractivity contribution in [1.82, 2.24) is 0 Å². The van der Waals surface area contributed by atoms with Crippen LogP contribution in [0.3, 0.4) is 0 Å². The van der Waals surface area contributed by atoms with Crippen molar-refractivity contribution < 1.29 is 9.53 Å². The lowest BCUT2D eigenvalue weighted by Crippen LogP contribution is -2.30. The topological polar surface area (TPSA) is 38.3 Å². The number of hydrogen-bond donors (Lipinski definition) is 1. The van der Waals surface area contributed by atoms with E-state index in [2.05, 4.69) is 63.7 Å². The van der Waals surface area contributed by atoms with E-state index in [9.17, 15) is 4.79 Å². The van der Waals surface area contributed by atoms with Crippen molar-refractivity contribution in [2.45, 2.75) is 25.3 Å². The van der Waals surface area contributed by atoms with E-state index in [4.69, 9.17) is 4.74 Å². The van der Waals surface area contributed by atoms with Crippen LogP contribution in [-0.2, 0) is 4.74 Å². The molecule has 0 fully saturated rings. The van der Waals surface area contributed by atoms with Crippen molar-refractivity contribution in [2.24, 2.45) is 5.92 Å². The van der Waals surface area contributed by atoms with Crippen LogP contribution in [0.25, 0.3) is 0 Å². The number of esters is 1. The maximum atomic E-state index is 12.1. The number of methoxy groups -OCH3 is 1. The predicted molar refractivity (Wildman–Crippen MR) is 103 cm³/mol. The predicted octanol–water partition coefficient (Wildman–Crippen LogP) is 5.37. The van der Waals surface area contributed by atoms with Gasteiger partial charge in [-0.2, -0.15) is 0 Å². The zero-order chi connectivity index (χ0) is 17.6. The van der Waals surface area contributed by atoms with Gasteiger partial charge in [-0.15, -0.1) is 0 Å². The Labute approximate surface area is 156 Å². The summed E-state index contributed by atoms with van der Waals surface area (Å²) in [5.41, 5.74) is 5.21. The number of anilines is 1. The normalized spacial score (nSPS) is 23.6. The van der Waals surface area contributed by atoms with Crippen molar-refractivity contribution in [3.8, 4) is 0 Å². The van der Waals surface area contributed by atoms with E-state index in [-0.39, 0.29) is 12.0 Å². The van der Waals surface area contributed by atoms with Crippen LogP contribution in [0.4, 0.5) is 5.69 Å². The molecule has 0 saturated heterocycles. The van der Waals surface area contributed by atoms with Crippen molar-refractivity contribution in [2.75, 3.05) is 12.4 Å². The van der Waals surface area contributed by atoms with E-state index in [1.54, 1.807) is 0 Å². The van der Waals surface area contributed by atoms with Crippen LogP contribution in [0, 0.1) is 12.8 Å². The molecular weight excluding hydrogens is 378 g/mol. The number of allylic oxidation sites excluding steroid dienone is 2. The fourth-order valence-electron chi connectivity index (χ4n) is 4.15. The summed E-state index contributed by atoms with van der Waals surface area (Å²) in [5, 5.41) is 3.73. The van der Waals surface area contributed by atoms with Gasteiger partial charge in [-0.3, -0.25) is 0 Å². The average Bonchev–Trinajstić information content (AvgIpc) is 3.12. The van der Waals surface area contributed by atoms with Crippen LogP contribution in [0.2, 0.25) is 0 Å². The van der Waals surface area contributed by atoms with Gasteiger partial charge in [0, 0.05) is 16.1 Å². The van der Waals surface area contributed by atoms with E-state index in [1.165, 1.54) is 18.2 Å². The molecule has 0 bridgehead atoms. The highest BCUT2D eigenvalue weighted by Crippen LogP contribution is 2.51. The second kappa shape index (κ2) is 6.34. The molecule has 3 atom stereocenters. The van der Waals surface area contributed by atoms with Gasteiger partial charge in [0.2, 0.25) is 0 Å². The van der Waals surface area contributed by atoms with Gasteiger partial charge in [-0.25, -0.2) is 4.79 Å². The Balaban J connectivity index is 1.81. The molecular formula is C21H20BrNO2. The average molecular weight is 398 g/mol. The van der Waals surface area contributed by atoms with Gasteiger partial charge < -0.3 is 10.1 Å². The molecule has 2 aromatic rings. The molecule has 0 unspecified atom stereocenters. The summed E-state index contributed by atoms with van der Waals surface area (Å²) < 4.78 is 6.01. The molecule has 0 spiro atoms. The van der Waals surface area contributed by atoms with E-state index >= 15 is 0 Å². The molecule has 2 aromatic carbocycles. The molecule has 0 aromatic heterocycles. The molecule has 1 aliphatic carbocycles. The minimum absolute atomic E-state index is 0.229. The summed E-state index contributed by atoms with van der Waals surface area (Å²) in [6.45, 7) is 2.00. The number of fused-ring (bicyclic) bond motifs is 3. The summed E-state index contributed by atoms with van der Waals surface area (Å²) in [4.78, 5) is 12.1. The molecule has 4 rings (SSSR count). The number of rotatable bonds is 2. The first-order chi connectivity index (χ1) is 12.1. The minimum atomic E-state index is -0.286. The SMILES string of the molecule is COC(=O)c1ccc2c(c1C)N[C@@H](c1ccc(Br)cc1)[C@@H]1CC=C[C@H]21. The molecule has 2 aliphatic rings. The van der Waals surface area contributed by atoms with Crippen molar-refractivity contribution >= 4 is 27.6 Å². The van der Waals surface area contributed by atoms with Crippen molar-refractivity contribution in [3.63, 3.8) is 0 Å². The molecule has 1 heterocycles. The van der Waals surface area contributed by atoms with Gasteiger partial charge >= 0.3 is 5.97 Å². The first-order valence-corrected chi connectivity index (χ1v) is 9.30. The Kier molecular flexibility index (Phi) is 4.16. The molecule has 3 nitrogen and oxygen atoms in total. The molecule has 25 heavy (non-hydrogen) atoms. The van der Waals surface area contributed by atoms with Gasteiger partial charge in [0.25, 0.3) is 0 Å². The van der Waals surface area contributed by atoms with Gasteiger partial charge in [0.05, 0.1) is 18.7 Å². The number of halogens is 1. The van der Waals surface area contributed by atoms with Crippen LogP contribution in [0.5, 0.6) is 0 Å². The fourth-order valence-corrected chi connectivity index (χ4v) is 4.41. The minimum Gasteiger partial charge on any atom is -0.465 e. The van der Waals surface area contributed by atoms with Gasteiger partial charge in [-0.1, -0.05) is 46.3 Å². The van der Waals surface area contributed by atoms with Crippen LogP contribution >= 0.6 is 15.9 Å². The Bertz CT molecular complexity index is 857. The van der Waals surface area contributed by atoms with Crippen LogP contribution in [0.15, 0.2) is 53.0 Å². The van der Waals surface area contributed by atoms with E-state index in [1.807, 2.05) is 13.0 Å². The van der Waals surface area contributed by atoms with Crippen LogP contribution in [-0.4, -0.2) is 13.1 Å². The highest BCUT2D eigenvalue weighted by atomic mass is 79.9. The number of carbonyl (C=O) groups is 1. The highest BCUT2D eigenvalue weighted by molar-refractivity contribution is 9.10. The van der Waals surface area contributed by atoms with Crippen molar-refractivity contribution in [1.29, 1.82) is 0 Å². The quantitative estimate of drug-likeness (QED) is 0.546. The Morgan fingerprint density at radius 2 is 1.96 bits per heavy atom.